The van der Waals surface area contributed by atoms with Crippen molar-refractivity contribution in [2.75, 3.05) is 6.61 Å². The lowest BCUT2D eigenvalue weighted by Crippen LogP contribution is -1.99. The van der Waals surface area contributed by atoms with Crippen LogP contribution in [-0.4, -0.2) is 31.3 Å². The van der Waals surface area contributed by atoms with Crippen molar-refractivity contribution in [2.45, 2.75) is 13.0 Å². The summed E-state index contributed by atoms with van der Waals surface area (Å²) in [7, 11) is 0. The van der Waals surface area contributed by atoms with E-state index in [1.165, 1.54) is 0 Å². The van der Waals surface area contributed by atoms with Crippen LogP contribution < -0.4 is 5.73 Å². The highest BCUT2D eigenvalue weighted by Crippen LogP contribution is 2.34. The maximum Gasteiger partial charge on any atom is 0.170 e. The molecule has 0 aliphatic carbocycles. The Morgan fingerprint density at radius 2 is 1.70 bits per heavy atom. The first kappa shape index (κ1) is 18.4. The van der Waals surface area contributed by atoms with Gasteiger partial charge >= 0.3 is 0 Å². The molecular weight excluding hydrogens is 374 g/mol. The van der Waals surface area contributed by atoms with Crippen molar-refractivity contribution in [1.82, 2.24) is 19.6 Å². The van der Waals surface area contributed by atoms with Crippen LogP contribution in [0.25, 0.3) is 38.9 Å². The van der Waals surface area contributed by atoms with Gasteiger partial charge in [-0.2, -0.15) is 0 Å². The normalized spacial score (nSPS) is 11.4. The Labute approximate surface area is 173 Å². The molecule has 0 unspecified atom stereocenters. The predicted molar refractivity (Wildman–Crippen MR) is 118 cm³/mol. The van der Waals surface area contributed by atoms with Gasteiger partial charge in [-0.25, -0.2) is 4.98 Å². The van der Waals surface area contributed by atoms with Crippen molar-refractivity contribution in [2.24, 2.45) is 5.73 Å². The molecule has 5 rings (SSSR count). The Hall–Kier alpha value is -3.61. The number of aromatic nitrogens is 4. The molecule has 0 spiro atoms. The fourth-order valence-corrected chi connectivity index (χ4v) is 3.77. The van der Waals surface area contributed by atoms with E-state index in [0.29, 0.717) is 13.0 Å². The number of benzene rings is 2. The molecule has 0 saturated carbocycles. The van der Waals surface area contributed by atoms with Crippen LogP contribution in [-0.2, 0) is 13.0 Å². The van der Waals surface area contributed by atoms with Crippen LogP contribution in [0.15, 0.2) is 72.9 Å². The number of nitrogens with zero attached hydrogens (tertiary/aromatic N) is 4. The lowest BCUT2D eigenvalue weighted by molar-refractivity contribution is 0.296. The minimum Gasteiger partial charge on any atom is -0.396 e. The fourth-order valence-electron chi connectivity index (χ4n) is 3.77. The zero-order valence-electron chi connectivity index (χ0n) is 16.4. The van der Waals surface area contributed by atoms with Gasteiger partial charge in [0.25, 0.3) is 0 Å². The van der Waals surface area contributed by atoms with Gasteiger partial charge in [0.1, 0.15) is 5.82 Å². The number of nitrogens with two attached hydrogens (primary N) is 1. The first-order chi connectivity index (χ1) is 14.8. The van der Waals surface area contributed by atoms with E-state index < -0.39 is 0 Å². The molecule has 0 fully saturated rings. The van der Waals surface area contributed by atoms with Crippen LogP contribution in [0.1, 0.15) is 11.4 Å². The maximum atomic E-state index is 9.30. The van der Waals surface area contributed by atoms with Gasteiger partial charge in [0, 0.05) is 35.7 Å². The second-order valence-electron chi connectivity index (χ2n) is 7.18. The minimum absolute atomic E-state index is 0.0318. The standard InChI is InChI=1S/C24H21N5O/c25-15-16-6-8-18(9-7-16)23-19(17-4-2-1-3-5-17)14-20-21(26-23)10-12-29-22(11-13-30)27-28-24(20)29/h1-10,12,14,30H,11,13,15,25H2. The Balaban J connectivity index is 1.79. The lowest BCUT2D eigenvalue weighted by Gasteiger charge is -2.12. The first-order valence-corrected chi connectivity index (χ1v) is 9.91. The molecular formula is C24H21N5O. The average Bonchev–Trinajstić information content (AvgIpc) is 3.22. The van der Waals surface area contributed by atoms with Crippen molar-refractivity contribution in [3.8, 4) is 22.4 Å². The number of hydrogen-bond donors (Lipinski definition) is 2. The summed E-state index contributed by atoms with van der Waals surface area (Å²) in [6.45, 7) is 0.544. The molecule has 30 heavy (non-hydrogen) atoms. The number of hydrogen-bond acceptors (Lipinski definition) is 5. The summed E-state index contributed by atoms with van der Waals surface area (Å²) in [5.41, 5.74) is 12.5. The van der Waals surface area contributed by atoms with Gasteiger partial charge < -0.3 is 10.8 Å². The third kappa shape index (κ3) is 3.12. The summed E-state index contributed by atoms with van der Waals surface area (Å²) < 4.78 is 1.92. The molecule has 0 saturated heterocycles. The zero-order valence-corrected chi connectivity index (χ0v) is 16.4. The SMILES string of the molecule is NCc1ccc(-c2nc3ccn4c(CCO)nnc4c3cc2-c2ccccc2)cc1. The van der Waals surface area contributed by atoms with Crippen molar-refractivity contribution in [3.63, 3.8) is 0 Å². The van der Waals surface area contributed by atoms with Crippen LogP contribution >= 0.6 is 0 Å². The molecule has 3 heterocycles. The molecule has 0 aliphatic rings. The number of aliphatic hydroxyl groups is 1. The van der Waals surface area contributed by atoms with E-state index in [-0.39, 0.29) is 6.61 Å². The number of pyridine rings is 2. The van der Waals surface area contributed by atoms with Gasteiger partial charge in [-0.05, 0) is 23.3 Å². The molecule has 5 aromatic rings. The van der Waals surface area contributed by atoms with E-state index in [1.807, 2.05) is 47.0 Å². The molecule has 6 nitrogen and oxygen atoms in total. The lowest BCUT2D eigenvalue weighted by atomic mass is 9.97. The van der Waals surface area contributed by atoms with E-state index in [9.17, 15) is 5.11 Å². The fraction of sp³-hybridized carbons (Fsp3) is 0.125. The third-order valence-electron chi connectivity index (χ3n) is 5.32. The van der Waals surface area contributed by atoms with E-state index in [0.717, 1.165) is 50.3 Å². The monoisotopic (exact) mass is 395 g/mol. The van der Waals surface area contributed by atoms with Crippen LogP contribution in [0, 0.1) is 0 Å². The maximum absolute atomic E-state index is 9.30. The summed E-state index contributed by atoms with van der Waals surface area (Å²) >= 11 is 0. The van der Waals surface area contributed by atoms with Crippen LogP contribution in [0.2, 0.25) is 0 Å². The van der Waals surface area contributed by atoms with E-state index in [1.54, 1.807) is 0 Å². The molecule has 3 aromatic heterocycles. The number of fused-ring (bicyclic) bond motifs is 3. The molecule has 148 valence electrons. The van der Waals surface area contributed by atoms with Crippen LogP contribution in [0.5, 0.6) is 0 Å². The van der Waals surface area contributed by atoms with Crippen molar-refractivity contribution in [3.05, 3.63) is 84.3 Å². The van der Waals surface area contributed by atoms with Crippen LogP contribution in [0.4, 0.5) is 0 Å². The smallest absolute Gasteiger partial charge is 0.170 e. The molecule has 0 bridgehead atoms. The largest absolute Gasteiger partial charge is 0.396 e. The first-order valence-electron chi connectivity index (χ1n) is 9.91. The van der Waals surface area contributed by atoms with E-state index in [4.69, 9.17) is 10.7 Å². The molecule has 3 N–H and O–H groups in total. The van der Waals surface area contributed by atoms with Crippen LogP contribution in [0.3, 0.4) is 0 Å². The Morgan fingerprint density at radius 3 is 2.43 bits per heavy atom. The number of rotatable bonds is 5. The predicted octanol–water partition coefficient (Wildman–Crippen LogP) is 3.61. The second kappa shape index (κ2) is 7.67. The van der Waals surface area contributed by atoms with Gasteiger partial charge in [-0.3, -0.25) is 4.40 Å². The topological polar surface area (TPSA) is 89.3 Å². The van der Waals surface area contributed by atoms with E-state index >= 15 is 0 Å². The molecule has 0 radical (unpaired) electrons. The van der Waals surface area contributed by atoms with Gasteiger partial charge in [0.05, 0.1) is 17.8 Å². The molecule has 0 atom stereocenters. The van der Waals surface area contributed by atoms with E-state index in [2.05, 4.69) is 40.5 Å². The molecule has 0 amide bonds. The summed E-state index contributed by atoms with van der Waals surface area (Å²) in [6, 6.07) is 22.5. The highest BCUT2D eigenvalue weighted by molar-refractivity contribution is 5.98. The Morgan fingerprint density at radius 1 is 0.900 bits per heavy atom. The van der Waals surface area contributed by atoms with Gasteiger partial charge in [-0.1, -0.05) is 54.6 Å². The summed E-state index contributed by atoms with van der Waals surface area (Å²) in [5, 5.41) is 18.9. The highest BCUT2D eigenvalue weighted by atomic mass is 16.3. The highest BCUT2D eigenvalue weighted by Gasteiger charge is 2.15. The Kier molecular flexibility index (Phi) is 4.71. The minimum atomic E-state index is 0.0318. The molecule has 2 aromatic carbocycles. The average molecular weight is 395 g/mol. The zero-order chi connectivity index (χ0) is 20.5. The van der Waals surface area contributed by atoms with Crippen molar-refractivity contribution >= 4 is 16.6 Å². The second-order valence-corrected chi connectivity index (χ2v) is 7.18. The van der Waals surface area contributed by atoms with Gasteiger partial charge in [0.2, 0.25) is 0 Å². The summed E-state index contributed by atoms with van der Waals surface area (Å²) in [5.74, 6) is 0.733. The quantitative estimate of drug-likeness (QED) is 0.475. The van der Waals surface area contributed by atoms with Gasteiger partial charge in [0.15, 0.2) is 5.65 Å². The molecule has 0 aliphatic heterocycles. The van der Waals surface area contributed by atoms with Crippen molar-refractivity contribution < 1.29 is 5.11 Å². The van der Waals surface area contributed by atoms with Gasteiger partial charge in [-0.15, -0.1) is 10.2 Å². The Bertz CT molecular complexity index is 1330. The third-order valence-corrected chi connectivity index (χ3v) is 5.32. The van der Waals surface area contributed by atoms with Crippen molar-refractivity contribution in [1.29, 1.82) is 0 Å². The summed E-state index contributed by atoms with van der Waals surface area (Å²) in [4.78, 5) is 5.02. The number of aliphatic hydroxyl groups excluding tert-OH is 1. The summed E-state index contributed by atoms with van der Waals surface area (Å²) in [6.07, 6.45) is 2.37. The molecule has 6 heteroatoms.